The quantitative estimate of drug-likeness (QED) is 0.761. The van der Waals surface area contributed by atoms with E-state index in [1.54, 1.807) is 6.20 Å². The van der Waals surface area contributed by atoms with Crippen LogP contribution in [0.5, 0.6) is 0 Å². The molecule has 0 aliphatic carbocycles. The molecule has 0 aliphatic rings. The average Bonchev–Trinajstić information content (AvgIpc) is 2.93. The summed E-state index contributed by atoms with van der Waals surface area (Å²) in [6, 6.07) is 11.7. The van der Waals surface area contributed by atoms with Crippen LogP contribution in [0.2, 0.25) is 0 Å². The number of rotatable bonds is 4. The Bertz CT molecular complexity index is 764. The van der Waals surface area contributed by atoms with Crippen molar-refractivity contribution >= 4 is 17.0 Å². The first kappa shape index (κ1) is 12.3. The van der Waals surface area contributed by atoms with Crippen molar-refractivity contribution in [2.45, 2.75) is 12.8 Å². The van der Waals surface area contributed by atoms with E-state index < -0.39 is 5.97 Å². The topological polar surface area (TPSA) is 78.9 Å². The second kappa shape index (κ2) is 5.13. The molecule has 0 spiro atoms. The van der Waals surface area contributed by atoms with E-state index in [9.17, 15) is 4.79 Å². The van der Waals surface area contributed by atoms with Gasteiger partial charge in [-0.25, -0.2) is 4.98 Å². The Balaban J connectivity index is 1.92. The van der Waals surface area contributed by atoms with Gasteiger partial charge in [-0.3, -0.25) is 9.89 Å². The third kappa shape index (κ3) is 2.51. The maximum atomic E-state index is 10.6. The second-order valence-corrected chi connectivity index (χ2v) is 4.59. The number of hydrogen-bond acceptors (Lipinski definition) is 3. The average molecular weight is 267 g/mol. The maximum Gasteiger partial charge on any atom is 0.303 e. The number of nitrogens with one attached hydrogen (secondary N) is 1. The normalized spacial score (nSPS) is 10.8. The Morgan fingerprint density at radius 2 is 2.15 bits per heavy atom. The predicted molar refractivity (Wildman–Crippen MR) is 75.3 cm³/mol. The maximum absolute atomic E-state index is 10.6. The highest BCUT2D eigenvalue weighted by atomic mass is 16.4. The Morgan fingerprint density at radius 3 is 3.00 bits per heavy atom. The molecule has 5 heteroatoms. The van der Waals surface area contributed by atoms with Crippen LogP contribution in [0, 0.1) is 0 Å². The summed E-state index contributed by atoms with van der Waals surface area (Å²) >= 11 is 0. The number of aliphatic carboxylic acids is 1. The molecule has 0 atom stereocenters. The van der Waals surface area contributed by atoms with Gasteiger partial charge in [0.05, 0.1) is 17.4 Å². The lowest BCUT2D eigenvalue weighted by atomic mass is 10.0. The molecule has 0 saturated carbocycles. The number of carboxylic acids is 1. The van der Waals surface area contributed by atoms with Gasteiger partial charge in [0, 0.05) is 12.0 Å². The van der Waals surface area contributed by atoms with Crippen molar-refractivity contribution in [3.8, 4) is 11.3 Å². The van der Waals surface area contributed by atoms with Crippen molar-refractivity contribution in [3.05, 3.63) is 48.2 Å². The first-order valence-corrected chi connectivity index (χ1v) is 6.33. The van der Waals surface area contributed by atoms with Gasteiger partial charge in [-0.1, -0.05) is 18.2 Å². The summed E-state index contributed by atoms with van der Waals surface area (Å²) in [5, 5.41) is 15.5. The fourth-order valence-electron chi connectivity index (χ4n) is 2.13. The number of aromatic nitrogens is 3. The second-order valence-electron chi connectivity index (χ2n) is 4.59. The van der Waals surface area contributed by atoms with E-state index in [4.69, 9.17) is 5.11 Å². The first-order chi connectivity index (χ1) is 9.72. The number of fused-ring (bicyclic) bond motifs is 1. The lowest BCUT2D eigenvalue weighted by molar-refractivity contribution is -0.136. The van der Waals surface area contributed by atoms with E-state index in [2.05, 4.69) is 15.2 Å². The van der Waals surface area contributed by atoms with Crippen molar-refractivity contribution in [2.75, 3.05) is 0 Å². The first-order valence-electron chi connectivity index (χ1n) is 6.33. The zero-order valence-corrected chi connectivity index (χ0v) is 10.7. The van der Waals surface area contributed by atoms with Crippen molar-refractivity contribution in [3.63, 3.8) is 0 Å². The Labute approximate surface area is 115 Å². The van der Waals surface area contributed by atoms with Gasteiger partial charge in [0.2, 0.25) is 0 Å². The lowest BCUT2D eigenvalue weighted by Gasteiger charge is -2.04. The standard InChI is InChI=1S/C15H13N3O2/c19-15(20)7-4-10-2-1-3-11(8-10)12-5-6-13-14(17-12)9-16-18-13/h1-3,5-6,8-9H,4,7H2,(H,16,18)(H,19,20). The van der Waals surface area contributed by atoms with Crippen LogP contribution in [0.4, 0.5) is 0 Å². The number of aromatic amines is 1. The Morgan fingerprint density at radius 1 is 1.25 bits per heavy atom. The molecule has 0 amide bonds. The number of hydrogen-bond donors (Lipinski definition) is 2. The zero-order valence-electron chi connectivity index (χ0n) is 10.7. The predicted octanol–water partition coefficient (Wildman–Crippen LogP) is 2.64. The number of aryl methyl sites for hydroxylation is 1. The van der Waals surface area contributed by atoms with Crippen LogP contribution >= 0.6 is 0 Å². The number of carboxylic acid groups (broad SMARTS) is 1. The van der Waals surface area contributed by atoms with Gasteiger partial charge < -0.3 is 5.11 Å². The fraction of sp³-hybridized carbons (Fsp3) is 0.133. The van der Waals surface area contributed by atoms with Crippen molar-refractivity contribution in [1.82, 2.24) is 15.2 Å². The van der Waals surface area contributed by atoms with Gasteiger partial charge in [0.15, 0.2) is 0 Å². The van der Waals surface area contributed by atoms with Crippen molar-refractivity contribution < 1.29 is 9.90 Å². The third-order valence-electron chi connectivity index (χ3n) is 3.15. The Hall–Kier alpha value is -2.69. The molecule has 20 heavy (non-hydrogen) atoms. The van der Waals surface area contributed by atoms with Gasteiger partial charge in [0.1, 0.15) is 5.52 Å². The highest BCUT2D eigenvalue weighted by Gasteiger charge is 2.05. The minimum absolute atomic E-state index is 0.137. The summed E-state index contributed by atoms with van der Waals surface area (Å²) in [5.41, 5.74) is 4.56. The van der Waals surface area contributed by atoms with E-state index in [0.717, 1.165) is 27.9 Å². The summed E-state index contributed by atoms with van der Waals surface area (Å²) in [6.45, 7) is 0. The van der Waals surface area contributed by atoms with Gasteiger partial charge in [-0.15, -0.1) is 0 Å². The van der Waals surface area contributed by atoms with Gasteiger partial charge >= 0.3 is 5.97 Å². The summed E-state index contributed by atoms with van der Waals surface area (Å²) in [6.07, 6.45) is 2.35. The SMILES string of the molecule is O=C(O)CCc1cccc(-c2ccc3[nH]ncc3n2)c1. The number of carbonyl (C=O) groups is 1. The number of nitrogens with zero attached hydrogens (tertiary/aromatic N) is 2. The largest absolute Gasteiger partial charge is 0.481 e. The van der Waals surface area contributed by atoms with Crippen LogP contribution in [0.1, 0.15) is 12.0 Å². The number of H-pyrrole nitrogens is 1. The van der Waals surface area contributed by atoms with Crippen LogP contribution in [-0.2, 0) is 11.2 Å². The molecule has 0 fully saturated rings. The zero-order chi connectivity index (χ0) is 13.9. The molecular formula is C15H13N3O2. The Kier molecular flexibility index (Phi) is 3.16. The summed E-state index contributed by atoms with van der Waals surface area (Å²) in [4.78, 5) is 15.2. The molecule has 100 valence electrons. The minimum Gasteiger partial charge on any atom is -0.481 e. The minimum atomic E-state index is -0.784. The molecule has 0 radical (unpaired) electrons. The summed E-state index contributed by atoms with van der Waals surface area (Å²) in [5.74, 6) is -0.784. The molecule has 0 unspecified atom stereocenters. The van der Waals surface area contributed by atoms with Crippen LogP contribution in [0.15, 0.2) is 42.6 Å². The van der Waals surface area contributed by atoms with Crippen LogP contribution in [0.25, 0.3) is 22.3 Å². The number of benzene rings is 1. The molecule has 2 N–H and O–H groups in total. The monoisotopic (exact) mass is 267 g/mol. The van der Waals surface area contributed by atoms with Crippen molar-refractivity contribution in [1.29, 1.82) is 0 Å². The lowest BCUT2D eigenvalue weighted by Crippen LogP contribution is -1.97. The molecule has 0 saturated heterocycles. The highest BCUT2D eigenvalue weighted by Crippen LogP contribution is 2.21. The number of pyridine rings is 1. The van der Waals surface area contributed by atoms with E-state index in [0.29, 0.717) is 6.42 Å². The smallest absolute Gasteiger partial charge is 0.303 e. The van der Waals surface area contributed by atoms with Crippen LogP contribution < -0.4 is 0 Å². The fourth-order valence-corrected chi connectivity index (χ4v) is 2.13. The van der Waals surface area contributed by atoms with E-state index >= 15 is 0 Å². The molecule has 2 aromatic heterocycles. The molecular weight excluding hydrogens is 254 g/mol. The summed E-state index contributed by atoms with van der Waals surface area (Å²) in [7, 11) is 0. The van der Waals surface area contributed by atoms with E-state index in [-0.39, 0.29) is 6.42 Å². The summed E-state index contributed by atoms with van der Waals surface area (Å²) < 4.78 is 0. The van der Waals surface area contributed by atoms with E-state index in [1.807, 2.05) is 36.4 Å². The molecule has 0 aliphatic heterocycles. The van der Waals surface area contributed by atoms with E-state index in [1.165, 1.54) is 0 Å². The molecule has 5 nitrogen and oxygen atoms in total. The molecule has 1 aromatic carbocycles. The van der Waals surface area contributed by atoms with Crippen LogP contribution in [0.3, 0.4) is 0 Å². The van der Waals surface area contributed by atoms with Gasteiger partial charge in [-0.2, -0.15) is 5.10 Å². The molecule has 3 rings (SSSR count). The molecule has 3 aromatic rings. The highest BCUT2D eigenvalue weighted by molar-refractivity contribution is 5.77. The van der Waals surface area contributed by atoms with Gasteiger partial charge in [0.25, 0.3) is 0 Å². The molecule has 0 bridgehead atoms. The van der Waals surface area contributed by atoms with Gasteiger partial charge in [-0.05, 0) is 30.2 Å². The third-order valence-corrected chi connectivity index (χ3v) is 3.15. The van der Waals surface area contributed by atoms with Crippen molar-refractivity contribution in [2.24, 2.45) is 0 Å². The molecule has 2 heterocycles. The van der Waals surface area contributed by atoms with Crippen LogP contribution in [-0.4, -0.2) is 26.3 Å².